The molecule has 154 valence electrons. The van der Waals surface area contributed by atoms with Gasteiger partial charge in [-0.05, 0) is 65.6 Å². The van der Waals surface area contributed by atoms with Crippen molar-refractivity contribution in [1.29, 1.82) is 0 Å². The Hall–Kier alpha value is -3.20. The second kappa shape index (κ2) is 5.94. The van der Waals surface area contributed by atoms with Crippen LogP contribution in [0.15, 0.2) is 48.8 Å². The highest BCUT2D eigenvalue weighted by Crippen LogP contribution is 2.42. The molecule has 3 heterocycles. The maximum absolute atomic E-state index is 4.82. The minimum Gasteiger partial charge on any atom is -0.307 e. The number of aromatic nitrogens is 3. The third-order valence-corrected chi connectivity index (χ3v) is 6.86. The normalized spacial score (nSPS) is 13.0. The summed E-state index contributed by atoms with van der Waals surface area (Å²) in [5.74, 6) is 0. The molecule has 0 radical (unpaired) electrons. The first kappa shape index (κ1) is 18.6. The van der Waals surface area contributed by atoms with Crippen LogP contribution in [0.2, 0.25) is 0 Å². The van der Waals surface area contributed by atoms with Crippen LogP contribution in [0.4, 0.5) is 0 Å². The van der Waals surface area contributed by atoms with Crippen LogP contribution in [-0.2, 0) is 13.5 Å². The largest absolute Gasteiger partial charge is 0.307 e. The zero-order valence-electron chi connectivity index (χ0n) is 19.2. The van der Waals surface area contributed by atoms with Gasteiger partial charge in [0.05, 0.1) is 34.4 Å². The van der Waals surface area contributed by atoms with Crippen LogP contribution in [0, 0.1) is 19.3 Å². The molecule has 0 aliphatic rings. The van der Waals surface area contributed by atoms with E-state index in [1.165, 1.54) is 60.3 Å². The zero-order chi connectivity index (χ0) is 21.7. The van der Waals surface area contributed by atoms with Crippen LogP contribution in [0.1, 0.15) is 37.5 Å². The smallest absolute Gasteiger partial charge is 0.287 e. The van der Waals surface area contributed by atoms with Crippen LogP contribution in [0.25, 0.3) is 49.1 Å². The van der Waals surface area contributed by atoms with Gasteiger partial charge in [-0.25, -0.2) is 4.57 Å². The van der Waals surface area contributed by atoms with Gasteiger partial charge in [0.2, 0.25) is 0 Å². The number of rotatable bonds is 1. The molecule has 0 saturated heterocycles. The molecule has 3 heteroatoms. The summed E-state index contributed by atoms with van der Waals surface area (Å²) in [7, 11) is 2.13. The van der Waals surface area contributed by atoms with Crippen molar-refractivity contribution in [1.82, 2.24) is 9.38 Å². The Morgan fingerprint density at radius 3 is 2.48 bits per heavy atom. The number of para-hydroxylation sites is 1. The van der Waals surface area contributed by atoms with Crippen molar-refractivity contribution in [2.75, 3.05) is 0 Å². The van der Waals surface area contributed by atoms with E-state index in [9.17, 15) is 0 Å². The third kappa shape index (κ3) is 2.40. The van der Waals surface area contributed by atoms with Crippen molar-refractivity contribution in [3.05, 3.63) is 65.5 Å². The highest BCUT2D eigenvalue weighted by atomic mass is 15.0. The Labute approximate surface area is 182 Å². The van der Waals surface area contributed by atoms with Crippen molar-refractivity contribution < 1.29 is 4.57 Å². The lowest BCUT2D eigenvalue weighted by atomic mass is 9.86. The first-order valence-corrected chi connectivity index (χ1v) is 11.1. The maximum Gasteiger partial charge on any atom is 0.287 e. The predicted molar refractivity (Wildman–Crippen MR) is 130 cm³/mol. The molecule has 0 aliphatic carbocycles. The topological polar surface area (TPSA) is 21.2 Å². The highest BCUT2D eigenvalue weighted by Gasteiger charge is 2.26. The molecule has 6 aromatic rings. The summed E-state index contributed by atoms with van der Waals surface area (Å²) in [4.78, 5) is 4.82. The Kier molecular flexibility index (Phi) is 3.56. The van der Waals surface area contributed by atoms with E-state index in [-0.39, 0.29) is 5.41 Å². The van der Waals surface area contributed by atoms with Gasteiger partial charge in [-0.15, -0.1) is 0 Å². The van der Waals surface area contributed by atoms with Crippen LogP contribution < -0.4 is 4.57 Å². The maximum atomic E-state index is 4.82. The fourth-order valence-corrected chi connectivity index (χ4v) is 5.50. The number of hydrogen-bond acceptors (Lipinski definition) is 1. The molecule has 0 atom stereocenters. The lowest BCUT2D eigenvalue weighted by Crippen LogP contribution is -2.30. The van der Waals surface area contributed by atoms with E-state index >= 15 is 0 Å². The van der Waals surface area contributed by atoms with E-state index in [1.54, 1.807) is 0 Å². The summed E-state index contributed by atoms with van der Waals surface area (Å²) in [6, 6.07) is 15.7. The molecule has 0 bridgehead atoms. The molecule has 0 amide bonds. The van der Waals surface area contributed by atoms with E-state index < -0.39 is 0 Å². The summed E-state index contributed by atoms with van der Waals surface area (Å²) < 4.78 is 4.75. The number of hydrogen-bond donors (Lipinski definition) is 0. The van der Waals surface area contributed by atoms with Gasteiger partial charge in [0.15, 0.2) is 5.52 Å². The number of pyridine rings is 1. The lowest BCUT2D eigenvalue weighted by molar-refractivity contribution is -0.646. The van der Waals surface area contributed by atoms with Gasteiger partial charge in [0, 0.05) is 10.8 Å². The van der Waals surface area contributed by atoms with Gasteiger partial charge in [-0.3, -0.25) is 0 Å². The number of nitrogens with zero attached hydrogens (tertiary/aromatic N) is 3. The standard InChI is InChI=1S/C28H28N3/c1-16-13-20-19-9-7-8-10-22(19)31-25-18(14-28(3,4)5)11-12-21-24(25)27(30(6)15-29-21)23(17(16)2)26(20)31/h7-13,15H,14H2,1-6H3/q+1. The van der Waals surface area contributed by atoms with Crippen LogP contribution in [0.5, 0.6) is 0 Å². The molecule has 0 fully saturated rings. The third-order valence-electron chi connectivity index (χ3n) is 6.86. The second-order valence-electron chi connectivity index (χ2n) is 10.4. The fourth-order valence-electron chi connectivity index (χ4n) is 5.50. The van der Waals surface area contributed by atoms with Gasteiger partial charge < -0.3 is 4.40 Å². The van der Waals surface area contributed by atoms with Crippen molar-refractivity contribution in [2.45, 2.75) is 41.0 Å². The number of aryl methyl sites for hydroxylation is 3. The van der Waals surface area contributed by atoms with Crippen LogP contribution in [0.3, 0.4) is 0 Å². The summed E-state index contributed by atoms with van der Waals surface area (Å²) in [5, 5.41) is 5.29. The molecule has 0 unspecified atom stereocenters. The minimum absolute atomic E-state index is 0.195. The molecule has 3 aromatic heterocycles. The van der Waals surface area contributed by atoms with Crippen LogP contribution in [-0.4, -0.2) is 9.38 Å². The number of fused-ring (bicyclic) bond motifs is 5. The molecular formula is C28H28N3+. The summed E-state index contributed by atoms with van der Waals surface area (Å²) in [6.07, 6.45) is 2.99. The molecule has 6 rings (SSSR count). The van der Waals surface area contributed by atoms with Crippen LogP contribution >= 0.6 is 0 Å². The molecule has 0 saturated carbocycles. The summed E-state index contributed by atoms with van der Waals surface area (Å²) >= 11 is 0. The molecule has 3 aromatic carbocycles. The monoisotopic (exact) mass is 406 g/mol. The molecule has 0 N–H and O–H groups in total. The lowest BCUT2D eigenvalue weighted by Gasteiger charge is -2.21. The van der Waals surface area contributed by atoms with Crippen molar-refractivity contribution >= 4 is 49.1 Å². The molecule has 3 nitrogen and oxygen atoms in total. The Morgan fingerprint density at radius 2 is 1.71 bits per heavy atom. The number of benzene rings is 3. The first-order valence-electron chi connectivity index (χ1n) is 11.1. The average Bonchev–Trinajstić information content (AvgIpc) is 3.04. The average molecular weight is 407 g/mol. The quantitative estimate of drug-likeness (QED) is 0.175. The van der Waals surface area contributed by atoms with Gasteiger partial charge in [-0.1, -0.05) is 45.0 Å². The minimum atomic E-state index is 0.195. The van der Waals surface area contributed by atoms with E-state index in [0.717, 1.165) is 11.9 Å². The van der Waals surface area contributed by atoms with Crippen molar-refractivity contribution in [2.24, 2.45) is 12.5 Å². The SMILES string of the molecule is Cc1cc2c3ccccc3n3c4c(CC(C)(C)C)ccc5nc[n+](C)c(c(c1C)c23)c54. The van der Waals surface area contributed by atoms with Gasteiger partial charge in [-0.2, -0.15) is 0 Å². The van der Waals surface area contributed by atoms with E-state index in [2.05, 4.69) is 93.1 Å². The van der Waals surface area contributed by atoms with Crippen molar-refractivity contribution in [3.8, 4) is 0 Å². The van der Waals surface area contributed by atoms with Gasteiger partial charge in [0.25, 0.3) is 6.33 Å². The molecule has 0 aliphatic heterocycles. The molecule has 0 spiro atoms. The summed E-state index contributed by atoms with van der Waals surface area (Å²) in [6.45, 7) is 11.5. The Balaban J connectivity index is 2.06. The second-order valence-corrected chi connectivity index (χ2v) is 10.4. The summed E-state index contributed by atoms with van der Waals surface area (Å²) in [5.41, 5.74) is 10.6. The zero-order valence-corrected chi connectivity index (χ0v) is 19.2. The highest BCUT2D eigenvalue weighted by molar-refractivity contribution is 6.26. The van der Waals surface area contributed by atoms with Gasteiger partial charge in [0.1, 0.15) is 5.52 Å². The first-order chi connectivity index (χ1) is 14.8. The van der Waals surface area contributed by atoms with E-state index in [4.69, 9.17) is 4.98 Å². The predicted octanol–water partition coefficient (Wildman–Crippen LogP) is 6.41. The van der Waals surface area contributed by atoms with Gasteiger partial charge >= 0.3 is 0 Å². The van der Waals surface area contributed by atoms with E-state index in [0.29, 0.717) is 0 Å². The fraction of sp³-hybridized carbons (Fsp3) is 0.286. The van der Waals surface area contributed by atoms with E-state index in [1.807, 2.05) is 6.33 Å². The Morgan fingerprint density at radius 1 is 0.935 bits per heavy atom. The van der Waals surface area contributed by atoms with Crippen molar-refractivity contribution in [3.63, 3.8) is 0 Å². The molecule has 31 heavy (non-hydrogen) atoms. The Bertz CT molecular complexity index is 1660. The molecular weight excluding hydrogens is 378 g/mol.